The summed E-state index contributed by atoms with van der Waals surface area (Å²) in [4.78, 5) is 11.4. The second-order valence-electron chi connectivity index (χ2n) is 5.55. The number of Topliss-reactive ketones (excluding diaryl/α,β-unsaturated/α-hetero) is 1. The summed E-state index contributed by atoms with van der Waals surface area (Å²) in [6.45, 7) is 8.21. The standard InChI is InChI=1S/C17H22O/c1-5-16(18)11-10-14-8-6-7-9-15(14)12-13-17(2,3)4/h6-9H,5,10-11H2,1-4H3. The van der Waals surface area contributed by atoms with Gasteiger partial charge in [-0.05, 0) is 38.8 Å². The summed E-state index contributed by atoms with van der Waals surface area (Å²) < 4.78 is 0. The molecule has 1 nitrogen and oxygen atoms in total. The van der Waals surface area contributed by atoms with E-state index in [1.807, 2.05) is 25.1 Å². The highest BCUT2D eigenvalue weighted by Gasteiger charge is 2.06. The first-order valence-corrected chi connectivity index (χ1v) is 6.55. The van der Waals surface area contributed by atoms with Crippen LogP contribution in [0.1, 0.15) is 51.7 Å². The molecule has 0 saturated carbocycles. The molecule has 0 amide bonds. The summed E-state index contributed by atoms with van der Waals surface area (Å²) >= 11 is 0. The zero-order valence-electron chi connectivity index (χ0n) is 11.8. The van der Waals surface area contributed by atoms with Crippen LogP contribution in [-0.4, -0.2) is 5.78 Å². The van der Waals surface area contributed by atoms with Gasteiger partial charge in [0.15, 0.2) is 0 Å². The van der Waals surface area contributed by atoms with Crippen LogP contribution in [0.4, 0.5) is 0 Å². The van der Waals surface area contributed by atoms with Crippen molar-refractivity contribution in [2.45, 2.75) is 47.0 Å². The van der Waals surface area contributed by atoms with Crippen molar-refractivity contribution < 1.29 is 4.79 Å². The highest BCUT2D eigenvalue weighted by molar-refractivity contribution is 5.78. The first kappa shape index (κ1) is 14.5. The highest BCUT2D eigenvalue weighted by Crippen LogP contribution is 2.14. The number of carbonyl (C=O) groups is 1. The van der Waals surface area contributed by atoms with Crippen LogP contribution in [0.5, 0.6) is 0 Å². The Kier molecular flexibility index (Phi) is 5.16. The lowest BCUT2D eigenvalue weighted by Gasteiger charge is -2.08. The summed E-state index contributed by atoms with van der Waals surface area (Å²) in [6, 6.07) is 8.10. The molecule has 0 aliphatic heterocycles. The van der Waals surface area contributed by atoms with Gasteiger partial charge in [-0.25, -0.2) is 0 Å². The smallest absolute Gasteiger partial charge is 0.132 e. The van der Waals surface area contributed by atoms with E-state index < -0.39 is 0 Å². The summed E-state index contributed by atoms with van der Waals surface area (Å²) in [7, 11) is 0. The normalized spacial score (nSPS) is 10.7. The van der Waals surface area contributed by atoms with Crippen LogP contribution in [0.25, 0.3) is 0 Å². The monoisotopic (exact) mass is 242 g/mol. The van der Waals surface area contributed by atoms with Crippen molar-refractivity contribution >= 4 is 5.78 Å². The minimum absolute atomic E-state index is 0.00630. The van der Waals surface area contributed by atoms with Gasteiger partial charge in [0.25, 0.3) is 0 Å². The summed E-state index contributed by atoms with van der Waals surface area (Å²) in [5.41, 5.74) is 2.24. The SMILES string of the molecule is CCC(=O)CCc1ccccc1C#CC(C)(C)C. The molecule has 96 valence electrons. The van der Waals surface area contributed by atoms with Gasteiger partial charge in [0, 0.05) is 23.8 Å². The number of ketones is 1. The maximum Gasteiger partial charge on any atom is 0.132 e. The summed E-state index contributed by atoms with van der Waals surface area (Å²) in [5, 5.41) is 0. The molecular formula is C17H22O. The first-order valence-electron chi connectivity index (χ1n) is 6.55. The maximum absolute atomic E-state index is 11.4. The van der Waals surface area contributed by atoms with Gasteiger partial charge >= 0.3 is 0 Å². The number of benzene rings is 1. The molecular weight excluding hydrogens is 220 g/mol. The van der Waals surface area contributed by atoms with Crippen LogP contribution in [-0.2, 0) is 11.2 Å². The summed E-state index contributed by atoms with van der Waals surface area (Å²) in [6.07, 6.45) is 2.03. The molecule has 1 aromatic rings. The van der Waals surface area contributed by atoms with Crippen molar-refractivity contribution in [1.82, 2.24) is 0 Å². The molecule has 0 radical (unpaired) electrons. The van der Waals surface area contributed by atoms with Crippen molar-refractivity contribution in [1.29, 1.82) is 0 Å². The Morgan fingerprint density at radius 3 is 2.50 bits per heavy atom. The molecule has 0 N–H and O–H groups in total. The molecule has 0 atom stereocenters. The average Bonchev–Trinajstić information content (AvgIpc) is 2.33. The van der Waals surface area contributed by atoms with Crippen LogP contribution in [0, 0.1) is 17.3 Å². The first-order chi connectivity index (χ1) is 8.42. The number of hydrogen-bond donors (Lipinski definition) is 0. The molecule has 18 heavy (non-hydrogen) atoms. The minimum Gasteiger partial charge on any atom is -0.300 e. The maximum atomic E-state index is 11.4. The largest absolute Gasteiger partial charge is 0.300 e. The molecule has 0 saturated heterocycles. The van der Waals surface area contributed by atoms with E-state index in [1.54, 1.807) is 0 Å². The third-order valence-electron chi connectivity index (χ3n) is 2.66. The second-order valence-corrected chi connectivity index (χ2v) is 5.55. The van der Waals surface area contributed by atoms with Crippen molar-refractivity contribution in [2.24, 2.45) is 5.41 Å². The molecule has 1 rings (SSSR count). The predicted molar refractivity (Wildman–Crippen MR) is 76.4 cm³/mol. The van der Waals surface area contributed by atoms with E-state index in [2.05, 4.69) is 38.7 Å². The van der Waals surface area contributed by atoms with Gasteiger partial charge in [0.1, 0.15) is 5.78 Å². The Balaban J connectivity index is 2.85. The lowest BCUT2D eigenvalue weighted by molar-refractivity contribution is -0.118. The molecule has 0 unspecified atom stereocenters. The van der Waals surface area contributed by atoms with Crippen molar-refractivity contribution in [2.75, 3.05) is 0 Å². The fraction of sp³-hybridized carbons (Fsp3) is 0.471. The van der Waals surface area contributed by atoms with E-state index >= 15 is 0 Å². The number of hydrogen-bond acceptors (Lipinski definition) is 1. The van der Waals surface area contributed by atoms with Gasteiger partial charge in [0.2, 0.25) is 0 Å². The van der Waals surface area contributed by atoms with E-state index in [4.69, 9.17) is 0 Å². The van der Waals surface area contributed by atoms with E-state index in [-0.39, 0.29) is 5.41 Å². The van der Waals surface area contributed by atoms with Crippen molar-refractivity contribution in [3.05, 3.63) is 35.4 Å². The molecule has 0 heterocycles. The van der Waals surface area contributed by atoms with Crippen LogP contribution < -0.4 is 0 Å². The van der Waals surface area contributed by atoms with Gasteiger partial charge in [-0.15, -0.1) is 0 Å². The molecule has 1 heteroatoms. The Morgan fingerprint density at radius 1 is 1.22 bits per heavy atom. The number of carbonyl (C=O) groups excluding carboxylic acids is 1. The topological polar surface area (TPSA) is 17.1 Å². The third-order valence-corrected chi connectivity index (χ3v) is 2.66. The lowest BCUT2D eigenvalue weighted by atomic mass is 9.95. The van der Waals surface area contributed by atoms with Gasteiger partial charge in [-0.3, -0.25) is 4.79 Å². The van der Waals surface area contributed by atoms with E-state index in [1.165, 1.54) is 5.56 Å². The Morgan fingerprint density at radius 2 is 1.89 bits per heavy atom. The molecule has 0 aromatic heterocycles. The Bertz CT molecular complexity index is 466. The minimum atomic E-state index is 0.00630. The Hall–Kier alpha value is -1.55. The van der Waals surface area contributed by atoms with Gasteiger partial charge < -0.3 is 0 Å². The highest BCUT2D eigenvalue weighted by atomic mass is 16.1. The summed E-state index contributed by atoms with van der Waals surface area (Å²) in [5.74, 6) is 6.79. The van der Waals surface area contributed by atoms with Crippen molar-refractivity contribution in [3.8, 4) is 11.8 Å². The molecule has 0 aliphatic carbocycles. The molecule has 0 bridgehead atoms. The molecule has 0 aliphatic rings. The molecule has 1 aromatic carbocycles. The fourth-order valence-electron chi connectivity index (χ4n) is 1.57. The third kappa shape index (κ3) is 5.19. The lowest BCUT2D eigenvalue weighted by Crippen LogP contribution is -2.01. The number of aryl methyl sites for hydroxylation is 1. The van der Waals surface area contributed by atoms with E-state index in [9.17, 15) is 4.79 Å². The van der Waals surface area contributed by atoms with E-state index in [0.29, 0.717) is 18.6 Å². The zero-order chi connectivity index (χ0) is 13.6. The molecule has 0 spiro atoms. The number of rotatable bonds is 4. The Labute approximate surface area is 111 Å². The van der Waals surface area contributed by atoms with Crippen LogP contribution >= 0.6 is 0 Å². The van der Waals surface area contributed by atoms with Gasteiger partial charge in [-0.1, -0.05) is 37.0 Å². The van der Waals surface area contributed by atoms with Crippen LogP contribution in [0.2, 0.25) is 0 Å². The van der Waals surface area contributed by atoms with Crippen LogP contribution in [0.15, 0.2) is 24.3 Å². The predicted octanol–water partition coefficient (Wildman–Crippen LogP) is 4.00. The quantitative estimate of drug-likeness (QED) is 0.729. The van der Waals surface area contributed by atoms with Gasteiger partial charge in [0.05, 0.1) is 0 Å². The average molecular weight is 242 g/mol. The van der Waals surface area contributed by atoms with Crippen LogP contribution in [0.3, 0.4) is 0 Å². The van der Waals surface area contributed by atoms with Crippen molar-refractivity contribution in [3.63, 3.8) is 0 Å². The second kappa shape index (κ2) is 6.40. The van der Waals surface area contributed by atoms with Gasteiger partial charge in [-0.2, -0.15) is 0 Å². The van der Waals surface area contributed by atoms with E-state index in [0.717, 1.165) is 12.0 Å². The fourth-order valence-corrected chi connectivity index (χ4v) is 1.57. The zero-order valence-corrected chi connectivity index (χ0v) is 11.8. The molecule has 0 fully saturated rings.